The van der Waals surface area contributed by atoms with E-state index in [1.165, 1.54) is 0 Å². The van der Waals surface area contributed by atoms with E-state index in [-0.39, 0.29) is 5.69 Å². The quantitative estimate of drug-likeness (QED) is 0.629. The summed E-state index contributed by atoms with van der Waals surface area (Å²) in [6.07, 6.45) is -2.18. The highest BCUT2D eigenvalue weighted by atomic mass is 19.4. The zero-order valence-electron chi connectivity index (χ0n) is 9.65. The summed E-state index contributed by atoms with van der Waals surface area (Å²) in [6, 6.07) is 3.07. The summed E-state index contributed by atoms with van der Waals surface area (Å²) in [6.45, 7) is 1.16. The van der Waals surface area contributed by atoms with Crippen LogP contribution in [0.5, 0.6) is 0 Å². The molecule has 0 spiro atoms. The normalized spacial score (nSPS) is 15.8. The van der Waals surface area contributed by atoms with Gasteiger partial charge in [0.2, 0.25) is 0 Å². The Morgan fingerprint density at radius 1 is 1.17 bits per heavy atom. The lowest BCUT2D eigenvalue weighted by Gasteiger charge is -2.11. The van der Waals surface area contributed by atoms with Crippen LogP contribution in [0.3, 0.4) is 0 Å². The van der Waals surface area contributed by atoms with E-state index in [0.717, 1.165) is 25.0 Å². The predicted octanol–water partition coefficient (Wildman–Crippen LogP) is 3.01. The molecule has 1 saturated carbocycles. The highest BCUT2D eigenvalue weighted by Gasteiger charge is 2.31. The Labute approximate surface area is 102 Å². The highest BCUT2D eigenvalue weighted by molar-refractivity contribution is 5.46. The van der Waals surface area contributed by atoms with E-state index in [9.17, 15) is 17.6 Å². The smallest absolute Gasteiger partial charge is 0.381 e. The molecule has 1 aliphatic carbocycles. The predicted molar refractivity (Wildman–Crippen MR) is 60.9 cm³/mol. The van der Waals surface area contributed by atoms with Crippen LogP contribution in [0.1, 0.15) is 18.4 Å². The van der Waals surface area contributed by atoms with Gasteiger partial charge in [0.15, 0.2) is 0 Å². The Morgan fingerprint density at radius 3 is 2.44 bits per heavy atom. The van der Waals surface area contributed by atoms with Crippen LogP contribution >= 0.6 is 0 Å². The summed E-state index contributed by atoms with van der Waals surface area (Å²) in [5.41, 5.74) is -0.873. The maximum Gasteiger partial charge on any atom is 0.416 e. The molecule has 1 aromatic carbocycles. The lowest BCUT2D eigenvalue weighted by Crippen LogP contribution is -2.24. The first-order chi connectivity index (χ1) is 8.47. The van der Waals surface area contributed by atoms with Crippen LogP contribution in [0, 0.1) is 5.82 Å². The van der Waals surface area contributed by atoms with Gasteiger partial charge >= 0.3 is 6.18 Å². The van der Waals surface area contributed by atoms with E-state index in [0.29, 0.717) is 25.2 Å². The maximum absolute atomic E-state index is 13.4. The van der Waals surface area contributed by atoms with Crippen molar-refractivity contribution in [2.24, 2.45) is 0 Å². The van der Waals surface area contributed by atoms with Gasteiger partial charge in [-0.2, -0.15) is 13.2 Å². The molecular formula is C12H14F4N2. The van der Waals surface area contributed by atoms with Gasteiger partial charge in [-0.15, -0.1) is 0 Å². The number of benzene rings is 1. The van der Waals surface area contributed by atoms with Crippen molar-refractivity contribution in [3.8, 4) is 0 Å². The largest absolute Gasteiger partial charge is 0.416 e. The Hall–Kier alpha value is -1.30. The van der Waals surface area contributed by atoms with Crippen LogP contribution in [-0.2, 0) is 6.18 Å². The minimum absolute atomic E-state index is 0.0978. The van der Waals surface area contributed by atoms with Crippen molar-refractivity contribution in [2.75, 3.05) is 18.4 Å². The topological polar surface area (TPSA) is 24.1 Å². The lowest BCUT2D eigenvalue weighted by atomic mass is 10.2. The van der Waals surface area contributed by atoms with Crippen molar-refractivity contribution in [3.05, 3.63) is 29.6 Å². The number of alkyl halides is 3. The highest BCUT2D eigenvalue weighted by Crippen LogP contribution is 2.31. The average Bonchev–Trinajstić information content (AvgIpc) is 3.08. The SMILES string of the molecule is Fc1cc(C(F)(F)F)ccc1NCCNC1CC1. The summed E-state index contributed by atoms with van der Waals surface area (Å²) in [5.74, 6) is -0.878. The van der Waals surface area contributed by atoms with Crippen LogP contribution < -0.4 is 10.6 Å². The molecule has 0 aromatic heterocycles. The Bertz CT molecular complexity index is 413. The fourth-order valence-corrected chi connectivity index (χ4v) is 1.60. The van der Waals surface area contributed by atoms with Gasteiger partial charge in [-0.1, -0.05) is 0 Å². The molecule has 6 heteroatoms. The molecule has 1 aliphatic rings. The van der Waals surface area contributed by atoms with E-state index in [4.69, 9.17) is 0 Å². The number of nitrogens with one attached hydrogen (secondary N) is 2. The number of hydrogen-bond donors (Lipinski definition) is 2. The van der Waals surface area contributed by atoms with Gasteiger partial charge in [0, 0.05) is 19.1 Å². The first-order valence-corrected chi connectivity index (χ1v) is 5.81. The second-order valence-electron chi connectivity index (χ2n) is 4.35. The number of halogens is 4. The molecule has 0 saturated heterocycles. The van der Waals surface area contributed by atoms with Crippen molar-refractivity contribution >= 4 is 5.69 Å². The molecule has 0 aliphatic heterocycles. The third-order valence-electron chi connectivity index (χ3n) is 2.75. The van der Waals surface area contributed by atoms with Crippen molar-refractivity contribution < 1.29 is 17.6 Å². The Morgan fingerprint density at radius 2 is 1.89 bits per heavy atom. The molecule has 100 valence electrons. The lowest BCUT2D eigenvalue weighted by molar-refractivity contribution is -0.137. The second-order valence-corrected chi connectivity index (χ2v) is 4.35. The number of rotatable bonds is 5. The molecule has 2 N–H and O–H groups in total. The molecule has 1 fully saturated rings. The summed E-state index contributed by atoms with van der Waals surface area (Å²) in [4.78, 5) is 0. The first kappa shape index (κ1) is 13.1. The van der Waals surface area contributed by atoms with Crippen LogP contribution in [0.25, 0.3) is 0 Å². The fraction of sp³-hybridized carbons (Fsp3) is 0.500. The standard InChI is InChI=1S/C12H14F4N2/c13-10-7-8(12(14,15)16)1-4-11(10)18-6-5-17-9-2-3-9/h1,4,7,9,17-18H,2-3,5-6H2. The van der Waals surface area contributed by atoms with Crippen LogP contribution in [0.2, 0.25) is 0 Å². The molecule has 1 aromatic rings. The summed E-state index contributed by atoms with van der Waals surface area (Å²) < 4.78 is 50.3. The molecule has 0 amide bonds. The fourth-order valence-electron chi connectivity index (χ4n) is 1.60. The van der Waals surface area contributed by atoms with Gasteiger partial charge in [-0.3, -0.25) is 0 Å². The third kappa shape index (κ3) is 3.60. The molecule has 0 radical (unpaired) electrons. The molecule has 2 rings (SSSR count). The van der Waals surface area contributed by atoms with Crippen molar-refractivity contribution in [1.29, 1.82) is 0 Å². The van der Waals surface area contributed by atoms with Crippen molar-refractivity contribution in [3.63, 3.8) is 0 Å². The third-order valence-corrected chi connectivity index (χ3v) is 2.75. The Kier molecular flexibility index (Phi) is 3.75. The first-order valence-electron chi connectivity index (χ1n) is 5.81. The van der Waals surface area contributed by atoms with Crippen molar-refractivity contribution in [2.45, 2.75) is 25.1 Å². The molecule has 0 atom stereocenters. The van der Waals surface area contributed by atoms with Crippen molar-refractivity contribution in [1.82, 2.24) is 5.32 Å². The minimum Gasteiger partial charge on any atom is -0.381 e. The summed E-state index contributed by atoms with van der Waals surface area (Å²) in [7, 11) is 0. The van der Waals surface area contributed by atoms with Gasteiger partial charge in [-0.25, -0.2) is 4.39 Å². The van der Waals surface area contributed by atoms with E-state index < -0.39 is 17.6 Å². The molecule has 18 heavy (non-hydrogen) atoms. The van der Waals surface area contributed by atoms with Gasteiger partial charge in [0.1, 0.15) is 5.82 Å². The van der Waals surface area contributed by atoms with Crippen LogP contribution in [0.15, 0.2) is 18.2 Å². The molecule has 0 unspecified atom stereocenters. The second kappa shape index (κ2) is 5.14. The van der Waals surface area contributed by atoms with Gasteiger partial charge in [0.25, 0.3) is 0 Å². The molecular weight excluding hydrogens is 248 g/mol. The van der Waals surface area contributed by atoms with Crippen LogP contribution in [-0.4, -0.2) is 19.1 Å². The van der Waals surface area contributed by atoms with Gasteiger partial charge in [-0.05, 0) is 31.0 Å². The number of anilines is 1. The maximum atomic E-state index is 13.4. The zero-order chi connectivity index (χ0) is 13.2. The monoisotopic (exact) mass is 262 g/mol. The summed E-state index contributed by atoms with van der Waals surface area (Å²) >= 11 is 0. The molecule has 0 bridgehead atoms. The molecule has 0 heterocycles. The van der Waals surface area contributed by atoms with Crippen LogP contribution in [0.4, 0.5) is 23.2 Å². The van der Waals surface area contributed by atoms with Gasteiger partial charge < -0.3 is 10.6 Å². The van der Waals surface area contributed by atoms with E-state index in [1.807, 2.05) is 0 Å². The Balaban J connectivity index is 1.88. The van der Waals surface area contributed by atoms with E-state index in [2.05, 4.69) is 10.6 Å². The summed E-state index contributed by atoms with van der Waals surface area (Å²) in [5, 5.41) is 5.99. The minimum atomic E-state index is -4.51. The zero-order valence-corrected chi connectivity index (χ0v) is 9.65. The average molecular weight is 262 g/mol. The van der Waals surface area contributed by atoms with E-state index >= 15 is 0 Å². The van der Waals surface area contributed by atoms with E-state index in [1.54, 1.807) is 0 Å². The molecule has 2 nitrogen and oxygen atoms in total. The number of hydrogen-bond acceptors (Lipinski definition) is 2. The van der Waals surface area contributed by atoms with Gasteiger partial charge in [0.05, 0.1) is 11.3 Å².